The van der Waals surface area contributed by atoms with Crippen LogP contribution >= 0.6 is 0 Å². The van der Waals surface area contributed by atoms with Crippen molar-refractivity contribution in [2.75, 3.05) is 44.8 Å². The van der Waals surface area contributed by atoms with E-state index in [4.69, 9.17) is 14.5 Å². The molecule has 0 N–H and O–H groups in total. The summed E-state index contributed by atoms with van der Waals surface area (Å²) in [5.74, 6) is 2.43. The van der Waals surface area contributed by atoms with E-state index in [1.807, 2.05) is 48.2 Å². The monoisotopic (exact) mass is 405 g/mol. The number of aryl methyl sites for hydroxylation is 2. The van der Waals surface area contributed by atoms with Crippen molar-refractivity contribution in [2.24, 2.45) is 0 Å². The lowest BCUT2D eigenvalue weighted by Crippen LogP contribution is -2.50. The molecule has 1 fully saturated rings. The third-order valence-electron chi connectivity index (χ3n) is 5.56. The molecule has 1 saturated heterocycles. The van der Waals surface area contributed by atoms with Gasteiger partial charge in [-0.15, -0.1) is 0 Å². The maximum atomic E-state index is 12.5. The molecule has 1 amide bonds. The number of ether oxygens (including phenoxy) is 2. The lowest BCUT2D eigenvalue weighted by Gasteiger charge is -2.35. The molecule has 30 heavy (non-hydrogen) atoms. The third-order valence-corrected chi connectivity index (χ3v) is 5.56. The van der Waals surface area contributed by atoms with Gasteiger partial charge in [0.05, 0.1) is 7.11 Å². The number of aromatic nitrogens is 1. The van der Waals surface area contributed by atoms with Gasteiger partial charge in [0.1, 0.15) is 22.8 Å². The van der Waals surface area contributed by atoms with Gasteiger partial charge in [0.25, 0.3) is 5.91 Å². The predicted molar refractivity (Wildman–Crippen MR) is 118 cm³/mol. The summed E-state index contributed by atoms with van der Waals surface area (Å²) in [6.07, 6.45) is 0. The number of piperazine rings is 1. The van der Waals surface area contributed by atoms with Crippen molar-refractivity contribution in [3.8, 4) is 11.5 Å². The Bertz CT molecular complexity index is 1040. The van der Waals surface area contributed by atoms with Gasteiger partial charge in [0, 0.05) is 31.6 Å². The number of anilines is 1. The van der Waals surface area contributed by atoms with Gasteiger partial charge in [-0.1, -0.05) is 29.8 Å². The first kappa shape index (κ1) is 20.0. The summed E-state index contributed by atoms with van der Waals surface area (Å²) in [5, 5.41) is 1.10. The number of carbonyl (C=O) groups is 1. The second-order valence-corrected chi connectivity index (χ2v) is 7.62. The van der Waals surface area contributed by atoms with E-state index >= 15 is 0 Å². The molecule has 156 valence electrons. The van der Waals surface area contributed by atoms with Crippen molar-refractivity contribution in [3.05, 3.63) is 59.7 Å². The van der Waals surface area contributed by atoms with E-state index in [1.54, 1.807) is 7.11 Å². The molecular formula is C24H27N3O3. The Morgan fingerprint density at radius 2 is 1.77 bits per heavy atom. The number of benzene rings is 2. The van der Waals surface area contributed by atoms with Gasteiger partial charge < -0.3 is 19.3 Å². The van der Waals surface area contributed by atoms with Gasteiger partial charge in [0.2, 0.25) is 0 Å². The summed E-state index contributed by atoms with van der Waals surface area (Å²) >= 11 is 0. The van der Waals surface area contributed by atoms with Gasteiger partial charge in [-0.2, -0.15) is 0 Å². The van der Waals surface area contributed by atoms with E-state index in [9.17, 15) is 4.79 Å². The number of carbonyl (C=O) groups excluding carboxylic acids is 1. The maximum Gasteiger partial charge on any atom is 0.260 e. The molecule has 1 aliphatic rings. The highest BCUT2D eigenvalue weighted by atomic mass is 16.5. The molecule has 2 aromatic carbocycles. The number of hydrogen-bond acceptors (Lipinski definition) is 5. The average molecular weight is 405 g/mol. The predicted octanol–water partition coefficient (Wildman–Crippen LogP) is 3.59. The van der Waals surface area contributed by atoms with Crippen LogP contribution in [0.1, 0.15) is 11.1 Å². The van der Waals surface area contributed by atoms with Crippen LogP contribution in [-0.4, -0.2) is 55.7 Å². The largest absolute Gasteiger partial charge is 0.494 e. The second kappa shape index (κ2) is 8.61. The van der Waals surface area contributed by atoms with Gasteiger partial charge in [-0.05, 0) is 43.7 Å². The van der Waals surface area contributed by atoms with E-state index in [1.165, 1.54) is 11.1 Å². The van der Waals surface area contributed by atoms with Crippen LogP contribution in [0.25, 0.3) is 10.9 Å². The molecule has 0 atom stereocenters. The van der Waals surface area contributed by atoms with Crippen LogP contribution in [0.4, 0.5) is 5.82 Å². The lowest BCUT2D eigenvalue weighted by molar-refractivity contribution is -0.133. The Morgan fingerprint density at radius 3 is 2.47 bits per heavy atom. The molecule has 3 aromatic rings. The number of hydrogen-bond donors (Lipinski definition) is 0. The van der Waals surface area contributed by atoms with E-state index in [0.717, 1.165) is 41.3 Å². The second-order valence-electron chi connectivity index (χ2n) is 7.62. The summed E-state index contributed by atoms with van der Waals surface area (Å²) in [6.45, 7) is 6.97. The highest BCUT2D eigenvalue weighted by Crippen LogP contribution is 2.29. The normalized spacial score (nSPS) is 14.1. The summed E-state index contributed by atoms with van der Waals surface area (Å²) in [4.78, 5) is 21.5. The molecule has 0 radical (unpaired) electrons. The van der Waals surface area contributed by atoms with E-state index in [0.29, 0.717) is 13.1 Å². The lowest BCUT2D eigenvalue weighted by atomic mass is 10.1. The van der Waals surface area contributed by atoms with Crippen LogP contribution in [0.15, 0.2) is 48.5 Å². The van der Waals surface area contributed by atoms with Crippen molar-refractivity contribution in [2.45, 2.75) is 13.8 Å². The first-order valence-electron chi connectivity index (χ1n) is 10.2. The van der Waals surface area contributed by atoms with Crippen molar-refractivity contribution in [1.82, 2.24) is 9.88 Å². The van der Waals surface area contributed by atoms with Crippen LogP contribution in [0.5, 0.6) is 11.5 Å². The zero-order chi connectivity index (χ0) is 21.1. The summed E-state index contributed by atoms with van der Waals surface area (Å²) in [5.41, 5.74) is 3.21. The first-order chi connectivity index (χ1) is 14.5. The Balaban J connectivity index is 1.39. The van der Waals surface area contributed by atoms with Crippen LogP contribution < -0.4 is 14.4 Å². The molecule has 1 aliphatic heterocycles. The van der Waals surface area contributed by atoms with Crippen LogP contribution in [-0.2, 0) is 4.79 Å². The number of nitrogens with zero attached hydrogens (tertiary/aromatic N) is 3. The Hall–Kier alpha value is -3.28. The quantitative estimate of drug-likeness (QED) is 0.649. The molecule has 4 rings (SSSR count). The molecular weight excluding hydrogens is 378 g/mol. The molecule has 6 nitrogen and oxygen atoms in total. The van der Waals surface area contributed by atoms with Crippen molar-refractivity contribution in [1.29, 1.82) is 0 Å². The third kappa shape index (κ3) is 4.17. The Labute approximate surface area is 177 Å². The Kier molecular flexibility index (Phi) is 5.74. The number of rotatable bonds is 5. The fourth-order valence-corrected chi connectivity index (χ4v) is 3.76. The highest BCUT2D eigenvalue weighted by Gasteiger charge is 2.23. The van der Waals surface area contributed by atoms with Gasteiger partial charge >= 0.3 is 0 Å². The molecule has 6 heteroatoms. The number of fused-ring (bicyclic) bond motifs is 1. The minimum Gasteiger partial charge on any atom is -0.494 e. The highest BCUT2D eigenvalue weighted by molar-refractivity contribution is 5.89. The molecule has 2 heterocycles. The fraction of sp³-hybridized carbons (Fsp3) is 0.333. The van der Waals surface area contributed by atoms with Gasteiger partial charge in [0.15, 0.2) is 6.61 Å². The number of amides is 1. The molecule has 1 aromatic heterocycles. The molecule has 0 spiro atoms. The molecule has 0 aliphatic carbocycles. The topological polar surface area (TPSA) is 54.9 Å². The number of pyridine rings is 1. The van der Waals surface area contributed by atoms with Crippen LogP contribution in [0.2, 0.25) is 0 Å². The first-order valence-corrected chi connectivity index (χ1v) is 10.2. The summed E-state index contributed by atoms with van der Waals surface area (Å²) < 4.78 is 11.1. The van der Waals surface area contributed by atoms with Gasteiger partial charge in [-0.3, -0.25) is 4.79 Å². The minimum absolute atomic E-state index is 0.0135. The average Bonchev–Trinajstić information content (AvgIpc) is 2.78. The maximum absolute atomic E-state index is 12.5. The number of para-hydroxylation sites is 1. The molecule has 0 saturated carbocycles. The van der Waals surface area contributed by atoms with E-state index in [2.05, 4.69) is 24.0 Å². The van der Waals surface area contributed by atoms with E-state index < -0.39 is 0 Å². The minimum atomic E-state index is 0.0135. The standard InChI is InChI=1S/C24H27N3O3/c1-17-7-9-19(10-8-17)30-16-23(28)27-13-11-26(12-14-27)22-15-18(2)20-5-4-6-21(29-3)24(20)25-22/h4-10,15H,11-14,16H2,1-3H3. The zero-order valence-electron chi connectivity index (χ0n) is 17.7. The van der Waals surface area contributed by atoms with Gasteiger partial charge in [-0.25, -0.2) is 4.98 Å². The molecule has 0 bridgehead atoms. The van der Waals surface area contributed by atoms with Crippen molar-refractivity contribution < 1.29 is 14.3 Å². The summed E-state index contributed by atoms with van der Waals surface area (Å²) in [7, 11) is 1.67. The zero-order valence-corrected chi connectivity index (χ0v) is 17.7. The van der Waals surface area contributed by atoms with Crippen LogP contribution in [0.3, 0.4) is 0 Å². The fourth-order valence-electron chi connectivity index (χ4n) is 3.76. The van der Waals surface area contributed by atoms with Crippen LogP contribution in [0, 0.1) is 13.8 Å². The van der Waals surface area contributed by atoms with Crippen molar-refractivity contribution in [3.63, 3.8) is 0 Å². The molecule has 0 unspecified atom stereocenters. The summed E-state index contributed by atoms with van der Waals surface area (Å²) in [6, 6.07) is 15.8. The van der Waals surface area contributed by atoms with Crippen molar-refractivity contribution >= 4 is 22.6 Å². The SMILES string of the molecule is COc1cccc2c(C)cc(N3CCN(C(=O)COc4ccc(C)cc4)CC3)nc12. The Morgan fingerprint density at radius 1 is 1.03 bits per heavy atom. The number of methoxy groups -OCH3 is 1. The van der Waals surface area contributed by atoms with E-state index in [-0.39, 0.29) is 12.5 Å². The smallest absolute Gasteiger partial charge is 0.260 e.